The Hall–Kier alpha value is -0.160. The van der Waals surface area contributed by atoms with Crippen molar-refractivity contribution in [3.05, 3.63) is 0 Å². The average molecular weight is 158 g/mol. The van der Waals surface area contributed by atoms with Gasteiger partial charge in [0.25, 0.3) is 0 Å². The van der Waals surface area contributed by atoms with E-state index < -0.39 is 0 Å². The highest BCUT2D eigenvalue weighted by molar-refractivity contribution is 5.07. The number of ether oxygens (including phenoxy) is 2. The molecule has 64 valence electrons. The molecule has 4 N–H and O–H groups in total. The minimum Gasteiger partial charge on any atom is -0.372 e. The molecule has 2 fully saturated rings. The quantitative estimate of drug-likeness (QED) is 0.466. The summed E-state index contributed by atoms with van der Waals surface area (Å²) >= 11 is 0. The summed E-state index contributed by atoms with van der Waals surface area (Å²) in [5.41, 5.74) is 11.2. The van der Waals surface area contributed by atoms with E-state index in [4.69, 9.17) is 20.9 Å². The number of fused-ring (bicyclic) bond motifs is 1. The molecule has 0 aromatic carbocycles. The summed E-state index contributed by atoms with van der Waals surface area (Å²) in [5, 5.41) is 0. The third-order valence-corrected chi connectivity index (χ3v) is 2.73. The second-order valence-electron chi connectivity index (χ2n) is 3.52. The SMILES string of the molecule is C[C@@]12OC[C@@H](N)C1OC[C@@H]2N. The summed E-state index contributed by atoms with van der Waals surface area (Å²) in [5.74, 6) is 0. The van der Waals surface area contributed by atoms with Gasteiger partial charge in [0.15, 0.2) is 0 Å². The molecule has 0 spiro atoms. The third kappa shape index (κ3) is 0.840. The summed E-state index contributed by atoms with van der Waals surface area (Å²) in [4.78, 5) is 0. The molecule has 0 amide bonds. The third-order valence-electron chi connectivity index (χ3n) is 2.73. The van der Waals surface area contributed by atoms with Crippen molar-refractivity contribution in [3.63, 3.8) is 0 Å². The van der Waals surface area contributed by atoms with E-state index in [1.54, 1.807) is 0 Å². The lowest BCUT2D eigenvalue weighted by molar-refractivity contribution is -0.0127. The smallest absolute Gasteiger partial charge is 0.110 e. The van der Waals surface area contributed by atoms with Gasteiger partial charge < -0.3 is 20.9 Å². The molecule has 4 atom stereocenters. The van der Waals surface area contributed by atoms with Gasteiger partial charge in [-0.25, -0.2) is 0 Å². The summed E-state index contributed by atoms with van der Waals surface area (Å²) in [6, 6.07) is -0.0328. The van der Waals surface area contributed by atoms with Crippen LogP contribution in [0.3, 0.4) is 0 Å². The lowest BCUT2D eigenvalue weighted by Crippen LogP contribution is -2.49. The minimum absolute atomic E-state index is 0.00231. The maximum atomic E-state index is 5.81. The average Bonchev–Trinajstić information content (AvgIpc) is 2.39. The summed E-state index contributed by atoms with van der Waals surface area (Å²) in [6.45, 7) is 3.10. The largest absolute Gasteiger partial charge is 0.372 e. The van der Waals surface area contributed by atoms with Gasteiger partial charge in [-0.05, 0) is 6.92 Å². The van der Waals surface area contributed by atoms with Crippen LogP contribution in [0.1, 0.15) is 6.92 Å². The van der Waals surface area contributed by atoms with Gasteiger partial charge in [-0.15, -0.1) is 0 Å². The zero-order valence-corrected chi connectivity index (χ0v) is 6.62. The molecule has 4 nitrogen and oxygen atoms in total. The van der Waals surface area contributed by atoms with Gasteiger partial charge in [-0.3, -0.25) is 0 Å². The van der Waals surface area contributed by atoms with E-state index in [2.05, 4.69) is 0 Å². The molecule has 2 aliphatic rings. The molecule has 2 rings (SSSR count). The summed E-state index contributed by atoms with van der Waals surface area (Å²) < 4.78 is 10.9. The van der Waals surface area contributed by atoms with Crippen LogP contribution in [-0.2, 0) is 9.47 Å². The molecule has 0 aromatic rings. The Bertz CT molecular complexity index is 176. The van der Waals surface area contributed by atoms with Gasteiger partial charge in [0.1, 0.15) is 11.7 Å². The highest BCUT2D eigenvalue weighted by Crippen LogP contribution is 2.35. The van der Waals surface area contributed by atoms with Crippen LogP contribution in [0.5, 0.6) is 0 Å². The Morgan fingerprint density at radius 1 is 1.36 bits per heavy atom. The van der Waals surface area contributed by atoms with Crippen molar-refractivity contribution in [2.45, 2.75) is 30.7 Å². The second kappa shape index (κ2) is 2.17. The highest BCUT2D eigenvalue weighted by Gasteiger charge is 2.54. The van der Waals surface area contributed by atoms with E-state index in [1.807, 2.05) is 6.92 Å². The molecule has 1 unspecified atom stereocenters. The number of rotatable bonds is 0. The molecule has 0 bridgehead atoms. The Labute approximate surface area is 65.8 Å². The molecule has 0 saturated carbocycles. The topological polar surface area (TPSA) is 70.5 Å². The fourth-order valence-corrected chi connectivity index (χ4v) is 1.85. The van der Waals surface area contributed by atoms with Crippen molar-refractivity contribution in [1.29, 1.82) is 0 Å². The number of hydrogen-bond acceptors (Lipinski definition) is 4. The lowest BCUT2D eigenvalue weighted by atomic mass is 9.93. The van der Waals surface area contributed by atoms with Crippen LogP contribution in [0.2, 0.25) is 0 Å². The van der Waals surface area contributed by atoms with Gasteiger partial charge in [0.2, 0.25) is 0 Å². The van der Waals surface area contributed by atoms with Crippen LogP contribution < -0.4 is 11.5 Å². The first-order valence-electron chi connectivity index (χ1n) is 3.91. The van der Waals surface area contributed by atoms with Crippen LogP contribution in [0.4, 0.5) is 0 Å². The van der Waals surface area contributed by atoms with Crippen LogP contribution in [0.25, 0.3) is 0 Å². The molecular formula is C7H14N2O2. The van der Waals surface area contributed by atoms with E-state index in [0.29, 0.717) is 13.2 Å². The van der Waals surface area contributed by atoms with E-state index in [0.717, 1.165) is 0 Å². The first-order chi connectivity index (χ1) is 5.14. The highest BCUT2D eigenvalue weighted by atomic mass is 16.6. The molecule has 0 aromatic heterocycles. The zero-order valence-electron chi connectivity index (χ0n) is 6.62. The predicted octanol–water partition coefficient (Wildman–Crippen LogP) is -1.17. The van der Waals surface area contributed by atoms with Gasteiger partial charge >= 0.3 is 0 Å². The van der Waals surface area contributed by atoms with E-state index in [9.17, 15) is 0 Å². The number of nitrogens with two attached hydrogens (primary N) is 2. The monoisotopic (exact) mass is 158 g/mol. The van der Waals surface area contributed by atoms with Crippen molar-refractivity contribution >= 4 is 0 Å². The van der Waals surface area contributed by atoms with Crippen molar-refractivity contribution in [3.8, 4) is 0 Å². The fraction of sp³-hybridized carbons (Fsp3) is 1.00. The van der Waals surface area contributed by atoms with Crippen molar-refractivity contribution < 1.29 is 9.47 Å². The normalized spacial score (nSPS) is 56.5. The molecule has 4 heteroatoms. The van der Waals surface area contributed by atoms with Crippen molar-refractivity contribution in [2.24, 2.45) is 11.5 Å². The Morgan fingerprint density at radius 2 is 2.09 bits per heavy atom. The van der Waals surface area contributed by atoms with Gasteiger partial charge in [-0.1, -0.05) is 0 Å². The fourth-order valence-electron chi connectivity index (χ4n) is 1.85. The first kappa shape index (κ1) is 7.49. The predicted molar refractivity (Wildman–Crippen MR) is 40.0 cm³/mol. The molecule has 2 aliphatic heterocycles. The summed E-state index contributed by atoms with van der Waals surface area (Å²) in [7, 11) is 0. The standard InChI is InChI=1S/C7H14N2O2/c1-7-5(9)3-10-6(7)4(8)2-11-7/h4-6H,2-3,8-9H2,1H3/t4-,5+,6?,7+/m1/s1. The number of hydrogen-bond donors (Lipinski definition) is 2. The molecule has 0 aliphatic carbocycles. The molecule has 11 heavy (non-hydrogen) atoms. The van der Waals surface area contributed by atoms with Gasteiger partial charge in [0, 0.05) is 0 Å². The van der Waals surface area contributed by atoms with Crippen LogP contribution in [0, 0.1) is 0 Å². The van der Waals surface area contributed by atoms with Crippen LogP contribution in [0.15, 0.2) is 0 Å². The molecule has 0 radical (unpaired) electrons. The first-order valence-corrected chi connectivity index (χ1v) is 3.91. The Balaban J connectivity index is 2.23. The van der Waals surface area contributed by atoms with Gasteiger partial charge in [-0.2, -0.15) is 0 Å². The zero-order chi connectivity index (χ0) is 8.06. The maximum Gasteiger partial charge on any atom is 0.110 e. The Kier molecular flexibility index (Phi) is 1.47. The van der Waals surface area contributed by atoms with Crippen molar-refractivity contribution in [2.75, 3.05) is 13.2 Å². The van der Waals surface area contributed by atoms with E-state index in [-0.39, 0.29) is 23.8 Å². The van der Waals surface area contributed by atoms with Crippen LogP contribution in [-0.4, -0.2) is 37.0 Å². The van der Waals surface area contributed by atoms with Crippen LogP contribution >= 0.6 is 0 Å². The second-order valence-corrected chi connectivity index (χ2v) is 3.52. The van der Waals surface area contributed by atoms with E-state index >= 15 is 0 Å². The molecule has 2 heterocycles. The lowest BCUT2D eigenvalue weighted by Gasteiger charge is -2.25. The van der Waals surface area contributed by atoms with Crippen molar-refractivity contribution in [1.82, 2.24) is 0 Å². The Morgan fingerprint density at radius 3 is 2.73 bits per heavy atom. The maximum absolute atomic E-state index is 5.81. The minimum atomic E-state index is -0.334. The van der Waals surface area contributed by atoms with Gasteiger partial charge in [0.05, 0.1) is 25.3 Å². The van der Waals surface area contributed by atoms with E-state index in [1.165, 1.54) is 0 Å². The molecule has 2 saturated heterocycles. The molecular weight excluding hydrogens is 144 g/mol. The summed E-state index contributed by atoms with van der Waals surface area (Å²) in [6.07, 6.45) is -0.00231.